The molecule has 2 aromatic carbocycles. The van der Waals surface area contributed by atoms with E-state index >= 15 is 0 Å². The zero-order chi connectivity index (χ0) is 20.7. The Hall–Kier alpha value is -3.92. The van der Waals surface area contributed by atoms with Gasteiger partial charge in [-0.3, -0.25) is 4.79 Å². The molecule has 29 heavy (non-hydrogen) atoms. The lowest BCUT2D eigenvalue weighted by Gasteiger charge is -2.28. The van der Waals surface area contributed by atoms with Gasteiger partial charge in [0.05, 0.1) is 31.2 Å². The summed E-state index contributed by atoms with van der Waals surface area (Å²) < 4.78 is 18.3. The van der Waals surface area contributed by atoms with Crippen LogP contribution in [0.4, 0.5) is 0 Å². The molecule has 0 fully saturated rings. The SMILES string of the molecule is COc1cccc([C@@H]2C(C#N)=C(N)Oc3c2c(=O)n(C)c2ccccc32)c1OC. The lowest BCUT2D eigenvalue weighted by atomic mass is 9.82. The monoisotopic (exact) mass is 389 g/mol. The fraction of sp³-hybridized carbons (Fsp3) is 0.182. The Morgan fingerprint density at radius 3 is 2.59 bits per heavy atom. The summed E-state index contributed by atoms with van der Waals surface area (Å²) in [7, 11) is 4.74. The smallest absolute Gasteiger partial charge is 0.258 e. The van der Waals surface area contributed by atoms with Crippen molar-refractivity contribution < 1.29 is 14.2 Å². The first-order chi connectivity index (χ1) is 14.0. The molecule has 1 atom stereocenters. The number of benzene rings is 2. The highest BCUT2D eigenvalue weighted by Crippen LogP contribution is 2.47. The second-order valence-electron chi connectivity index (χ2n) is 6.63. The second-order valence-corrected chi connectivity index (χ2v) is 6.63. The number of fused-ring (bicyclic) bond motifs is 3. The van der Waals surface area contributed by atoms with E-state index in [1.54, 1.807) is 29.8 Å². The molecule has 0 bridgehead atoms. The van der Waals surface area contributed by atoms with E-state index in [0.29, 0.717) is 33.9 Å². The van der Waals surface area contributed by atoms with Gasteiger partial charge in [-0.25, -0.2) is 0 Å². The maximum atomic E-state index is 13.4. The fourth-order valence-electron chi connectivity index (χ4n) is 3.88. The van der Waals surface area contributed by atoms with Gasteiger partial charge < -0.3 is 24.5 Å². The van der Waals surface area contributed by atoms with Crippen LogP contribution in [0.5, 0.6) is 17.2 Å². The second kappa shape index (κ2) is 6.91. The molecule has 0 radical (unpaired) electrons. The Bertz CT molecular complexity index is 1270. The highest BCUT2D eigenvalue weighted by atomic mass is 16.5. The Morgan fingerprint density at radius 1 is 1.14 bits per heavy atom. The van der Waals surface area contributed by atoms with E-state index in [9.17, 15) is 10.1 Å². The molecule has 3 aromatic rings. The number of para-hydroxylation sites is 2. The molecule has 1 aliphatic rings. The predicted octanol–water partition coefficient (Wildman–Crippen LogP) is 2.77. The van der Waals surface area contributed by atoms with Crippen LogP contribution < -0.4 is 25.5 Å². The van der Waals surface area contributed by atoms with Gasteiger partial charge in [-0.15, -0.1) is 0 Å². The van der Waals surface area contributed by atoms with Crippen LogP contribution in [0.15, 0.2) is 58.7 Å². The van der Waals surface area contributed by atoms with Crippen LogP contribution in [-0.4, -0.2) is 18.8 Å². The lowest BCUT2D eigenvalue weighted by molar-refractivity contribution is 0.349. The van der Waals surface area contributed by atoms with Crippen molar-refractivity contribution in [2.24, 2.45) is 12.8 Å². The average Bonchev–Trinajstić information content (AvgIpc) is 2.75. The number of pyridine rings is 1. The van der Waals surface area contributed by atoms with Crippen LogP contribution >= 0.6 is 0 Å². The first-order valence-corrected chi connectivity index (χ1v) is 8.93. The van der Waals surface area contributed by atoms with Gasteiger partial charge in [0.25, 0.3) is 5.56 Å². The minimum absolute atomic E-state index is 0.0340. The molecule has 7 nitrogen and oxygen atoms in total. The molecule has 1 aliphatic heterocycles. The number of hydrogen-bond acceptors (Lipinski definition) is 6. The van der Waals surface area contributed by atoms with Gasteiger partial charge in [0, 0.05) is 18.0 Å². The van der Waals surface area contributed by atoms with Crippen molar-refractivity contribution in [2.45, 2.75) is 5.92 Å². The van der Waals surface area contributed by atoms with E-state index in [0.717, 1.165) is 5.39 Å². The highest BCUT2D eigenvalue weighted by Gasteiger charge is 2.37. The third kappa shape index (κ3) is 2.61. The van der Waals surface area contributed by atoms with Crippen LogP contribution in [0.3, 0.4) is 0 Å². The number of nitrogens with two attached hydrogens (primary N) is 1. The van der Waals surface area contributed by atoms with Crippen LogP contribution in [0, 0.1) is 11.3 Å². The molecule has 2 heterocycles. The fourth-order valence-corrected chi connectivity index (χ4v) is 3.88. The Labute approximate surface area is 167 Å². The number of aryl methyl sites for hydroxylation is 1. The van der Waals surface area contributed by atoms with Crippen molar-refractivity contribution in [3.63, 3.8) is 0 Å². The number of nitrogens with zero attached hydrogens (tertiary/aromatic N) is 2. The summed E-state index contributed by atoms with van der Waals surface area (Å²) >= 11 is 0. The summed E-state index contributed by atoms with van der Waals surface area (Å²) in [5.41, 5.74) is 7.65. The number of nitriles is 1. The van der Waals surface area contributed by atoms with Crippen molar-refractivity contribution in [1.82, 2.24) is 4.57 Å². The van der Waals surface area contributed by atoms with Gasteiger partial charge in [0.1, 0.15) is 17.4 Å². The van der Waals surface area contributed by atoms with Crippen LogP contribution in [-0.2, 0) is 7.05 Å². The molecular formula is C22H19N3O4. The molecule has 0 amide bonds. The predicted molar refractivity (Wildman–Crippen MR) is 108 cm³/mol. The van der Waals surface area contributed by atoms with E-state index in [-0.39, 0.29) is 17.0 Å². The van der Waals surface area contributed by atoms with Crippen LogP contribution in [0.2, 0.25) is 0 Å². The largest absolute Gasteiger partial charge is 0.493 e. The van der Waals surface area contributed by atoms with Gasteiger partial charge in [-0.05, 0) is 18.2 Å². The van der Waals surface area contributed by atoms with Crippen molar-refractivity contribution in [3.8, 4) is 23.3 Å². The summed E-state index contributed by atoms with van der Waals surface area (Å²) in [5, 5.41) is 10.6. The molecule has 1 aromatic heterocycles. The standard InChI is InChI=1S/C22H19N3O4/c1-25-15-9-5-4-7-12(15)20-18(22(25)26)17(14(11-23)21(24)29-20)13-8-6-10-16(27-2)19(13)28-3/h4-10,17H,24H2,1-3H3/t17-/m1/s1. The molecule has 4 rings (SSSR count). The van der Waals surface area contributed by atoms with Crippen LogP contribution in [0.1, 0.15) is 17.0 Å². The van der Waals surface area contributed by atoms with Crippen molar-refractivity contribution in [2.75, 3.05) is 14.2 Å². The molecular weight excluding hydrogens is 370 g/mol. The summed E-state index contributed by atoms with van der Waals surface area (Å²) in [4.78, 5) is 13.4. The molecule has 2 N–H and O–H groups in total. The molecule has 7 heteroatoms. The quantitative estimate of drug-likeness (QED) is 0.739. The topological polar surface area (TPSA) is 99.5 Å². The van der Waals surface area contributed by atoms with Gasteiger partial charge >= 0.3 is 0 Å². The number of methoxy groups -OCH3 is 2. The third-order valence-corrected chi connectivity index (χ3v) is 5.21. The molecule has 146 valence electrons. The molecule has 0 unspecified atom stereocenters. The van der Waals surface area contributed by atoms with Gasteiger partial charge in [-0.2, -0.15) is 5.26 Å². The number of rotatable bonds is 3. The van der Waals surface area contributed by atoms with E-state index in [2.05, 4.69) is 6.07 Å². The lowest BCUT2D eigenvalue weighted by Crippen LogP contribution is -2.31. The van der Waals surface area contributed by atoms with Gasteiger partial charge in [0.2, 0.25) is 5.88 Å². The third-order valence-electron chi connectivity index (χ3n) is 5.21. The zero-order valence-corrected chi connectivity index (χ0v) is 16.2. The number of ether oxygens (including phenoxy) is 3. The van der Waals surface area contributed by atoms with Gasteiger partial charge in [0.15, 0.2) is 11.5 Å². The number of aromatic nitrogens is 1. The zero-order valence-electron chi connectivity index (χ0n) is 16.2. The van der Waals surface area contributed by atoms with Gasteiger partial charge in [-0.1, -0.05) is 24.3 Å². The molecule has 0 saturated carbocycles. The minimum Gasteiger partial charge on any atom is -0.493 e. The molecule has 0 saturated heterocycles. The summed E-state index contributed by atoms with van der Waals surface area (Å²) in [6.45, 7) is 0. The van der Waals surface area contributed by atoms with E-state index in [1.807, 2.05) is 24.3 Å². The summed E-state index contributed by atoms with van der Waals surface area (Å²) in [6.07, 6.45) is 0. The summed E-state index contributed by atoms with van der Waals surface area (Å²) in [5.74, 6) is 0.496. The van der Waals surface area contributed by atoms with Crippen molar-refractivity contribution >= 4 is 10.9 Å². The van der Waals surface area contributed by atoms with E-state index < -0.39 is 5.92 Å². The molecule has 0 spiro atoms. The highest BCUT2D eigenvalue weighted by molar-refractivity contribution is 5.88. The van der Waals surface area contributed by atoms with E-state index in [1.165, 1.54) is 14.2 Å². The first-order valence-electron chi connectivity index (χ1n) is 8.93. The number of allylic oxidation sites excluding steroid dienone is 1. The Kier molecular flexibility index (Phi) is 4.40. The number of hydrogen-bond donors (Lipinski definition) is 1. The Morgan fingerprint density at radius 2 is 1.90 bits per heavy atom. The van der Waals surface area contributed by atoms with E-state index in [4.69, 9.17) is 19.9 Å². The minimum atomic E-state index is -0.753. The normalized spacial score (nSPS) is 15.4. The maximum absolute atomic E-state index is 13.4. The van der Waals surface area contributed by atoms with Crippen molar-refractivity contribution in [1.29, 1.82) is 5.26 Å². The molecule has 0 aliphatic carbocycles. The van der Waals surface area contributed by atoms with Crippen molar-refractivity contribution in [3.05, 3.63) is 75.4 Å². The van der Waals surface area contributed by atoms with Crippen LogP contribution in [0.25, 0.3) is 10.9 Å². The first kappa shape index (κ1) is 18.4. The average molecular weight is 389 g/mol. The summed E-state index contributed by atoms with van der Waals surface area (Å²) in [6, 6.07) is 14.8. The maximum Gasteiger partial charge on any atom is 0.258 e. The Balaban J connectivity index is 2.15.